The Balaban J connectivity index is 2.15. The fourth-order valence-electron chi connectivity index (χ4n) is 3.51. The van der Waals surface area contributed by atoms with E-state index >= 15 is 0 Å². The van der Waals surface area contributed by atoms with Gasteiger partial charge in [-0.1, -0.05) is 45.4 Å². The zero-order valence-electron chi connectivity index (χ0n) is 13.1. The number of unbranched alkanes of at least 4 members (excludes halogenated alkanes) is 2. The zero-order valence-corrected chi connectivity index (χ0v) is 13.1. The molecule has 1 heterocycles. The summed E-state index contributed by atoms with van der Waals surface area (Å²) in [4.78, 5) is 38.5. The Morgan fingerprint density at radius 1 is 1.14 bits per heavy atom. The van der Waals surface area contributed by atoms with Gasteiger partial charge in [0.05, 0.1) is 0 Å². The molecule has 1 aliphatic heterocycles. The largest absolute Gasteiger partial charge is 0.331 e. The quantitative estimate of drug-likeness (QED) is 0.626. The number of imide groups is 2. The molecule has 2 aliphatic rings. The molecule has 4 amide bonds. The fraction of sp³-hybridized carbons (Fsp3) is 0.812. The molecule has 0 aromatic rings. The minimum Gasteiger partial charge on any atom is -0.277 e. The van der Waals surface area contributed by atoms with Crippen LogP contribution < -0.4 is 5.32 Å². The molecule has 0 bridgehead atoms. The van der Waals surface area contributed by atoms with Gasteiger partial charge in [0.2, 0.25) is 11.8 Å². The monoisotopic (exact) mass is 294 g/mol. The molecule has 1 aliphatic carbocycles. The van der Waals surface area contributed by atoms with Crippen molar-refractivity contribution in [2.75, 3.05) is 0 Å². The van der Waals surface area contributed by atoms with Gasteiger partial charge in [-0.05, 0) is 26.2 Å². The number of carbonyl (C=O) groups is 3. The van der Waals surface area contributed by atoms with Gasteiger partial charge in [-0.15, -0.1) is 0 Å². The van der Waals surface area contributed by atoms with Gasteiger partial charge in [0.15, 0.2) is 0 Å². The first-order valence-electron chi connectivity index (χ1n) is 8.22. The Kier molecular flexibility index (Phi) is 5.01. The van der Waals surface area contributed by atoms with Gasteiger partial charge < -0.3 is 0 Å². The van der Waals surface area contributed by atoms with E-state index in [0.29, 0.717) is 12.8 Å². The molecule has 2 fully saturated rings. The molecule has 0 radical (unpaired) electrons. The van der Waals surface area contributed by atoms with Crippen molar-refractivity contribution in [2.45, 2.75) is 77.7 Å². The summed E-state index contributed by atoms with van der Waals surface area (Å²) in [5.41, 5.74) is -0.981. The Morgan fingerprint density at radius 3 is 2.43 bits per heavy atom. The number of carbonyl (C=O) groups excluding carboxylic acids is 3. The summed E-state index contributed by atoms with van der Waals surface area (Å²) in [7, 11) is 0. The summed E-state index contributed by atoms with van der Waals surface area (Å²) in [6.45, 7) is 4.03. The Labute approximate surface area is 126 Å². The van der Waals surface area contributed by atoms with Crippen LogP contribution in [0.4, 0.5) is 4.79 Å². The van der Waals surface area contributed by atoms with E-state index in [1.54, 1.807) is 0 Å². The minimum absolute atomic E-state index is 0.143. The van der Waals surface area contributed by atoms with Gasteiger partial charge in [-0.2, -0.15) is 0 Å². The van der Waals surface area contributed by atoms with Crippen molar-refractivity contribution in [2.24, 2.45) is 5.41 Å². The maximum absolute atomic E-state index is 12.8. The predicted molar refractivity (Wildman–Crippen MR) is 79.5 cm³/mol. The highest BCUT2D eigenvalue weighted by atomic mass is 16.2. The van der Waals surface area contributed by atoms with E-state index in [1.807, 2.05) is 6.92 Å². The molecule has 1 spiro atoms. The van der Waals surface area contributed by atoms with Gasteiger partial charge in [0, 0.05) is 6.04 Å². The van der Waals surface area contributed by atoms with E-state index in [2.05, 4.69) is 12.2 Å². The lowest BCUT2D eigenvalue weighted by Gasteiger charge is -2.43. The maximum Gasteiger partial charge on any atom is 0.331 e. The van der Waals surface area contributed by atoms with Gasteiger partial charge in [0.1, 0.15) is 5.41 Å². The number of rotatable bonds is 5. The van der Waals surface area contributed by atoms with Gasteiger partial charge >= 0.3 is 6.03 Å². The van der Waals surface area contributed by atoms with Crippen LogP contribution in [0.2, 0.25) is 0 Å². The molecule has 5 heteroatoms. The van der Waals surface area contributed by atoms with Crippen molar-refractivity contribution in [1.29, 1.82) is 0 Å². The smallest absolute Gasteiger partial charge is 0.277 e. The van der Waals surface area contributed by atoms with Crippen LogP contribution in [0.3, 0.4) is 0 Å². The minimum atomic E-state index is -0.981. The summed E-state index contributed by atoms with van der Waals surface area (Å²) >= 11 is 0. The van der Waals surface area contributed by atoms with E-state index in [-0.39, 0.29) is 17.9 Å². The van der Waals surface area contributed by atoms with Crippen LogP contribution in [0.5, 0.6) is 0 Å². The number of urea groups is 1. The van der Waals surface area contributed by atoms with Crippen LogP contribution in [-0.4, -0.2) is 28.8 Å². The number of amides is 4. The third kappa shape index (κ3) is 2.97. The highest BCUT2D eigenvalue weighted by Gasteiger charge is 2.54. The van der Waals surface area contributed by atoms with Gasteiger partial charge in [0.25, 0.3) is 0 Å². The van der Waals surface area contributed by atoms with Crippen molar-refractivity contribution in [1.82, 2.24) is 10.2 Å². The van der Waals surface area contributed by atoms with E-state index in [0.717, 1.165) is 44.9 Å². The number of hydrogen-bond acceptors (Lipinski definition) is 3. The number of nitrogens with zero attached hydrogens (tertiary/aromatic N) is 1. The molecule has 1 N–H and O–H groups in total. The molecule has 0 aromatic carbocycles. The zero-order chi connectivity index (χ0) is 15.5. The second-order valence-electron chi connectivity index (χ2n) is 6.42. The lowest BCUT2D eigenvalue weighted by atomic mass is 9.71. The summed E-state index contributed by atoms with van der Waals surface area (Å²) < 4.78 is 0. The molecular formula is C16H26N2O3. The van der Waals surface area contributed by atoms with Gasteiger partial charge in [-0.3, -0.25) is 19.8 Å². The highest BCUT2D eigenvalue weighted by Crippen LogP contribution is 2.40. The van der Waals surface area contributed by atoms with Crippen LogP contribution in [0, 0.1) is 5.41 Å². The summed E-state index contributed by atoms with van der Waals surface area (Å²) in [6, 6.07) is -0.679. The fourth-order valence-corrected chi connectivity index (χ4v) is 3.51. The van der Waals surface area contributed by atoms with Crippen LogP contribution in [0.25, 0.3) is 0 Å². The van der Waals surface area contributed by atoms with Crippen molar-refractivity contribution in [3.05, 3.63) is 0 Å². The molecule has 118 valence electrons. The third-order valence-corrected chi connectivity index (χ3v) is 4.88. The van der Waals surface area contributed by atoms with E-state index in [4.69, 9.17) is 0 Å². The molecule has 1 atom stereocenters. The van der Waals surface area contributed by atoms with E-state index in [1.165, 1.54) is 4.90 Å². The van der Waals surface area contributed by atoms with Crippen molar-refractivity contribution >= 4 is 17.8 Å². The molecule has 1 saturated carbocycles. The Bertz CT molecular complexity index is 427. The summed E-state index contributed by atoms with van der Waals surface area (Å²) in [6.07, 6.45) is 7.96. The summed E-state index contributed by atoms with van der Waals surface area (Å²) in [5.74, 6) is -0.644. The maximum atomic E-state index is 12.8. The second-order valence-corrected chi connectivity index (χ2v) is 6.42. The normalized spacial score (nSPS) is 23.3. The molecule has 5 nitrogen and oxygen atoms in total. The van der Waals surface area contributed by atoms with E-state index < -0.39 is 11.4 Å². The SMILES string of the molecule is CCCCCC(C)N1C(=O)NC(=O)C2(CCCCC2)C1=O. The van der Waals surface area contributed by atoms with Crippen LogP contribution in [0.1, 0.15) is 71.6 Å². The van der Waals surface area contributed by atoms with Gasteiger partial charge in [-0.25, -0.2) is 4.79 Å². The standard InChI is InChI=1S/C16H26N2O3/c1-3-4-6-9-12(2)18-14(20)16(10-7-5-8-11-16)13(19)17-15(18)21/h12H,3-11H2,1-2H3,(H,17,19,21). The lowest BCUT2D eigenvalue weighted by molar-refractivity contribution is -0.155. The number of nitrogens with one attached hydrogen (secondary N) is 1. The summed E-state index contributed by atoms with van der Waals surface area (Å²) in [5, 5.41) is 2.42. The van der Waals surface area contributed by atoms with E-state index in [9.17, 15) is 14.4 Å². The van der Waals surface area contributed by atoms with Crippen molar-refractivity contribution in [3.63, 3.8) is 0 Å². The van der Waals surface area contributed by atoms with Crippen LogP contribution >= 0.6 is 0 Å². The first-order valence-corrected chi connectivity index (χ1v) is 8.22. The van der Waals surface area contributed by atoms with Crippen molar-refractivity contribution in [3.8, 4) is 0 Å². The molecule has 1 unspecified atom stereocenters. The topological polar surface area (TPSA) is 66.5 Å². The molecule has 21 heavy (non-hydrogen) atoms. The third-order valence-electron chi connectivity index (χ3n) is 4.88. The average molecular weight is 294 g/mol. The van der Waals surface area contributed by atoms with Crippen molar-refractivity contribution < 1.29 is 14.4 Å². The highest BCUT2D eigenvalue weighted by molar-refractivity contribution is 6.19. The second kappa shape index (κ2) is 6.58. The molecule has 0 aromatic heterocycles. The van der Waals surface area contributed by atoms with Crippen LogP contribution in [0.15, 0.2) is 0 Å². The molecule has 2 rings (SSSR count). The first-order chi connectivity index (χ1) is 10.0. The predicted octanol–water partition coefficient (Wildman–Crippen LogP) is 2.98. The number of barbiturate groups is 1. The van der Waals surface area contributed by atoms with Crippen LogP contribution in [-0.2, 0) is 9.59 Å². The first kappa shape index (κ1) is 16.0. The average Bonchev–Trinajstić information content (AvgIpc) is 2.47. The lowest BCUT2D eigenvalue weighted by Crippen LogP contribution is -2.66. The Morgan fingerprint density at radius 2 is 1.81 bits per heavy atom. The molecular weight excluding hydrogens is 268 g/mol. The molecule has 1 saturated heterocycles. The Hall–Kier alpha value is -1.39. The number of hydrogen-bond donors (Lipinski definition) is 1.